The summed E-state index contributed by atoms with van der Waals surface area (Å²) in [5, 5.41) is 0. The van der Waals surface area contributed by atoms with Gasteiger partial charge < -0.3 is 7.43 Å². The second-order valence-corrected chi connectivity index (χ2v) is 2.91. The van der Waals surface area contributed by atoms with Gasteiger partial charge in [0.1, 0.15) is 0 Å². The molecule has 10 heavy (non-hydrogen) atoms. The summed E-state index contributed by atoms with van der Waals surface area (Å²) < 4.78 is 17.1. The molecule has 0 N–H and O–H groups in total. The molecule has 0 saturated heterocycles. The van der Waals surface area contributed by atoms with Crippen LogP contribution < -0.4 is 0 Å². The van der Waals surface area contributed by atoms with Crippen molar-refractivity contribution in [3.05, 3.63) is 7.43 Å². The van der Waals surface area contributed by atoms with Crippen LogP contribution in [-0.4, -0.2) is 0 Å². The van der Waals surface area contributed by atoms with E-state index in [1.807, 2.05) is 20.8 Å². The summed E-state index contributed by atoms with van der Waals surface area (Å²) in [6.45, 7) is 6.02. The van der Waals surface area contributed by atoms with Gasteiger partial charge in [0.25, 0.3) is 0 Å². The van der Waals surface area contributed by atoms with Crippen molar-refractivity contribution in [2.75, 3.05) is 0 Å². The minimum atomic E-state index is -2.17. The minimum absolute atomic E-state index is 0. The predicted molar refractivity (Wildman–Crippen MR) is 36.1 cm³/mol. The molecule has 2 nitrogen and oxygen atoms in total. The fourth-order valence-corrected chi connectivity index (χ4v) is 0. The van der Waals surface area contributed by atoms with Crippen molar-refractivity contribution in [3.8, 4) is 12.3 Å². The third-order valence-corrected chi connectivity index (χ3v) is 0.433. The zero-order valence-corrected chi connectivity index (χ0v) is 9.49. The summed E-state index contributed by atoms with van der Waals surface area (Å²) in [5.41, 5.74) is 0.0694. The Hall–Kier alpha value is -0.178. The Bertz CT molecular complexity index is 133. The van der Waals surface area contributed by atoms with Gasteiger partial charge in [0.05, 0.1) is 0 Å². The summed E-state index contributed by atoms with van der Waals surface area (Å²) in [7, 11) is 0. The van der Waals surface area contributed by atoms with Crippen LogP contribution in [0.3, 0.4) is 0 Å². The first kappa shape index (κ1) is 16.4. The molecule has 0 aromatic rings. The van der Waals surface area contributed by atoms with Gasteiger partial charge in [-0.2, -0.15) is 0 Å². The van der Waals surface area contributed by atoms with Gasteiger partial charge in [0.15, 0.2) is 0 Å². The third-order valence-electron chi connectivity index (χ3n) is 0.433. The van der Waals surface area contributed by atoms with E-state index in [0.29, 0.717) is 0 Å². The maximum atomic E-state index is 8.53. The van der Waals surface area contributed by atoms with Gasteiger partial charge in [0.2, 0.25) is 0 Å². The molecular weight excluding hydrogens is 302 g/mol. The standard InChI is InChI=1S/C6H10.CH3.2O.Re/c1-5-6(2,3)4;;;;/h1H,2-4H3;1H3;;;/q;-1;;;. The zero-order valence-electron chi connectivity index (χ0n) is 6.77. The van der Waals surface area contributed by atoms with Crippen molar-refractivity contribution in [1.29, 1.82) is 0 Å². The van der Waals surface area contributed by atoms with Gasteiger partial charge in [-0.1, -0.05) is 0 Å². The van der Waals surface area contributed by atoms with E-state index in [2.05, 4.69) is 5.92 Å². The van der Waals surface area contributed by atoms with Gasteiger partial charge in [0, 0.05) is 5.41 Å². The average Bonchev–Trinajstić information content (AvgIpc) is 1.67. The second kappa shape index (κ2) is 8.82. The monoisotopic (exact) mass is 316 g/mol. The molecule has 0 aromatic carbocycles. The molecule has 0 aromatic heterocycles. The van der Waals surface area contributed by atoms with Crippen LogP contribution in [0, 0.1) is 25.2 Å². The van der Waals surface area contributed by atoms with Crippen molar-refractivity contribution in [1.82, 2.24) is 0 Å². The summed E-state index contributed by atoms with van der Waals surface area (Å²) in [5.74, 6) is 2.60. The summed E-state index contributed by atoms with van der Waals surface area (Å²) >= 11 is -2.17. The van der Waals surface area contributed by atoms with Crippen LogP contribution in [0.15, 0.2) is 0 Å². The van der Waals surface area contributed by atoms with Crippen LogP contribution in [0.1, 0.15) is 20.8 Å². The quantitative estimate of drug-likeness (QED) is 0.505. The molecule has 0 fully saturated rings. The molecule has 0 unspecified atom stereocenters. The molecule has 0 rings (SSSR count). The van der Waals surface area contributed by atoms with Crippen LogP contribution in [0.25, 0.3) is 0 Å². The topological polar surface area (TPSA) is 34.1 Å². The van der Waals surface area contributed by atoms with E-state index < -0.39 is 17.9 Å². The van der Waals surface area contributed by atoms with Crippen molar-refractivity contribution in [2.24, 2.45) is 5.41 Å². The van der Waals surface area contributed by atoms with E-state index in [1.165, 1.54) is 0 Å². The molecule has 0 aliphatic heterocycles. The SMILES string of the molecule is C#CC(C)(C)C.[CH3-].[O]=[Re]=[O]. The van der Waals surface area contributed by atoms with E-state index in [-0.39, 0.29) is 12.8 Å². The molecule has 0 spiro atoms. The predicted octanol–water partition coefficient (Wildman–Crippen LogP) is 1.88. The molecule has 61 valence electrons. The summed E-state index contributed by atoms with van der Waals surface area (Å²) in [6.07, 6.45) is 5.06. The van der Waals surface area contributed by atoms with Crippen LogP contribution in [0.4, 0.5) is 0 Å². The Morgan fingerprint density at radius 1 is 1.30 bits per heavy atom. The maximum absolute atomic E-state index is 8.53. The average molecular weight is 315 g/mol. The molecule has 0 amide bonds. The van der Waals surface area contributed by atoms with Crippen molar-refractivity contribution >= 4 is 0 Å². The first-order valence-corrected chi connectivity index (χ1v) is 4.56. The molecule has 3 heteroatoms. The van der Waals surface area contributed by atoms with E-state index in [0.717, 1.165) is 0 Å². The Morgan fingerprint density at radius 2 is 1.40 bits per heavy atom. The van der Waals surface area contributed by atoms with E-state index in [9.17, 15) is 0 Å². The molecule has 0 aliphatic carbocycles. The fourth-order valence-electron chi connectivity index (χ4n) is 0. The van der Waals surface area contributed by atoms with Crippen molar-refractivity contribution in [3.63, 3.8) is 0 Å². The molecule has 0 bridgehead atoms. The van der Waals surface area contributed by atoms with Crippen molar-refractivity contribution in [2.45, 2.75) is 20.8 Å². The molecule has 0 heterocycles. The van der Waals surface area contributed by atoms with Crippen molar-refractivity contribution < 1.29 is 24.8 Å². The summed E-state index contributed by atoms with van der Waals surface area (Å²) in [4.78, 5) is 0. The first-order valence-electron chi connectivity index (χ1n) is 2.35. The van der Waals surface area contributed by atoms with E-state index >= 15 is 0 Å². The van der Waals surface area contributed by atoms with Crippen LogP contribution in [0.5, 0.6) is 0 Å². The van der Waals surface area contributed by atoms with Crippen LogP contribution in [0.2, 0.25) is 0 Å². The molecule has 0 atom stereocenters. The number of hydrogen-bond donors (Lipinski definition) is 0. The van der Waals surface area contributed by atoms with Gasteiger partial charge in [-0.15, -0.1) is 12.3 Å². The Kier molecular flexibility index (Phi) is 14.5. The Balaban J connectivity index is -0.000000107. The Labute approximate surface area is 71.1 Å². The normalized spacial score (nSPS) is 7.40. The number of rotatable bonds is 0. The molecule has 0 aliphatic rings. The molecule has 0 radical (unpaired) electrons. The zero-order chi connectivity index (χ0) is 7.91. The van der Waals surface area contributed by atoms with E-state index in [4.69, 9.17) is 13.4 Å². The number of hydrogen-bond acceptors (Lipinski definition) is 2. The van der Waals surface area contributed by atoms with Gasteiger partial charge >= 0.3 is 24.8 Å². The van der Waals surface area contributed by atoms with Crippen LogP contribution in [-0.2, 0) is 24.8 Å². The van der Waals surface area contributed by atoms with Gasteiger partial charge in [-0.25, -0.2) is 0 Å². The Morgan fingerprint density at radius 3 is 1.40 bits per heavy atom. The second-order valence-electron chi connectivity index (χ2n) is 2.46. The summed E-state index contributed by atoms with van der Waals surface area (Å²) in [6, 6.07) is 0. The molecular formula is C7H13O2Re-. The fraction of sp³-hybridized carbons (Fsp3) is 0.571. The first-order chi connectivity index (χ1) is 3.97. The third kappa shape index (κ3) is 45.7. The van der Waals surface area contributed by atoms with Gasteiger partial charge in [-0.3, -0.25) is 0 Å². The number of terminal acetylenes is 1. The molecule has 0 saturated carbocycles. The van der Waals surface area contributed by atoms with Gasteiger partial charge in [-0.05, 0) is 20.8 Å². The van der Waals surface area contributed by atoms with E-state index in [1.54, 1.807) is 0 Å². The van der Waals surface area contributed by atoms with Crippen LogP contribution >= 0.6 is 0 Å².